The number of aryl methyl sites for hydroxylation is 1. The van der Waals surface area contributed by atoms with E-state index in [1.807, 2.05) is 24.2 Å². The van der Waals surface area contributed by atoms with E-state index < -0.39 is 0 Å². The lowest BCUT2D eigenvalue weighted by atomic mass is 10.1. The second-order valence-electron chi connectivity index (χ2n) is 8.24. The molecule has 1 aromatic carbocycles. The standard InChI is InChI=1S/C23H29FN4O3/c1-26-13-9-20-21(25-30)10-16-28(23(29)22(20)26)12-2-11-27-14-7-19(8-15-27)31-18-5-3-17(24)4-6-18/h3-6,9,13,19,30H,2,7-8,10-12,14-16H2,1H3. The molecule has 0 saturated carbocycles. The summed E-state index contributed by atoms with van der Waals surface area (Å²) in [5.41, 5.74) is 1.87. The highest BCUT2D eigenvalue weighted by molar-refractivity contribution is 6.11. The smallest absolute Gasteiger partial charge is 0.271 e. The molecule has 0 radical (unpaired) electrons. The lowest BCUT2D eigenvalue weighted by Gasteiger charge is -2.32. The molecule has 7 nitrogen and oxygen atoms in total. The predicted octanol–water partition coefficient (Wildman–Crippen LogP) is 3.12. The van der Waals surface area contributed by atoms with Crippen LogP contribution in [0.3, 0.4) is 0 Å². The largest absolute Gasteiger partial charge is 0.490 e. The van der Waals surface area contributed by atoms with Crippen LogP contribution in [0.15, 0.2) is 41.7 Å². The molecule has 0 atom stereocenters. The molecular weight excluding hydrogens is 399 g/mol. The van der Waals surface area contributed by atoms with Crippen LogP contribution in [-0.4, -0.2) is 70.0 Å². The predicted molar refractivity (Wildman–Crippen MR) is 115 cm³/mol. The summed E-state index contributed by atoms with van der Waals surface area (Å²) < 4.78 is 20.8. The van der Waals surface area contributed by atoms with Gasteiger partial charge in [-0.1, -0.05) is 5.16 Å². The Morgan fingerprint density at radius 2 is 1.87 bits per heavy atom. The Morgan fingerprint density at radius 1 is 1.13 bits per heavy atom. The van der Waals surface area contributed by atoms with E-state index >= 15 is 0 Å². The lowest BCUT2D eigenvalue weighted by Crippen LogP contribution is -2.40. The van der Waals surface area contributed by atoms with Crippen LogP contribution in [-0.2, 0) is 7.05 Å². The molecule has 4 rings (SSSR count). The Morgan fingerprint density at radius 3 is 2.58 bits per heavy atom. The van der Waals surface area contributed by atoms with Gasteiger partial charge in [-0.3, -0.25) is 4.79 Å². The van der Waals surface area contributed by atoms with Crippen molar-refractivity contribution in [2.75, 3.05) is 32.7 Å². The maximum atomic E-state index is 13.0. The maximum Gasteiger partial charge on any atom is 0.271 e. The summed E-state index contributed by atoms with van der Waals surface area (Å²) in [5, 5.41) is 12.7. The van der Waals surface area contributed by atoms with E-state index in [9.17, 15) is 14.4 Å². The molecule has 0 unspecified atom stereocenters. The van der Waals surface area contributed by atoms with Crippen molar-refractivity contribution >= 4 is 11.6 Å². The Bertz CT molecular complexity index is 933. The molecule has 1 aromatic heterocycles. The highest BCUT2D eigenvalue weighted by Gasteiger charge is 2.28. The molecule has 0 aliphatic carbocycles. The number of carbonyl (C=O) groups is 1. The number of amides is 1. The molecule has 8 heteroatoms. The van der Waals surface area contributed by atoms with E-state index in [-0.39, 0.29) is 17.8 Å². The van der Waals surface area contributed by atoms with Crippen LogP contribution in [0.5, 0.6) is 5.75 Å². The fraction of sp³-hybridized carbons (Fsp3) is 0.478. The van der Waals surface area contributed by atoms with Gasteiger partial charge < -0.3 is 24.3 Å². The fourth-order valence-corrected chi connectivity index (χ4v) is 4.41. The van der Waals surface area contributed by atoms with E-state index in [2.05, 4.69) is 10.1 Å². The van der Waals surface area contributed by atoms with Crippen molar-refractivity contribution in [3.63, 3.8) is 0 Å². The van der Waals surface area contributed by atoms with Crippen LogP contribution in [0.1, 0.15) is 41.7 Å². The minimum Gasteiger partial charge on any atom is -0.490 e. The van der Waals surface area contributed by atoms with Gasteiger partial charge in [-0.25, -0.2) is 4.39 Å². The van der Waals surface area contributed by atoms with Crippen LogP contribution in [0.25, 0.3) is 0 Å². The molecule has 2 aliphatic heterocycles. The molecule has 1 saturated heterocycles. The first kappa shape index (κ1) is 21.4. The van der Waals surface area contributed by atoms with E-state index in [4.69, 9.17) is 4.74 Å². The number of carbonyl (C=O) groups excluding carboxylic acids is 1. The van der Waals surface area contributed by atoms with Crippen molar-refractivity contribution in [2.24, 2.45) is 12.2 Å². The highest BCUT2D eigenvalue weighted by atomic mass is 19.1. The average Bonchev–Trinajstić information content (AvgIpc) is 3.10. The first-order valence-corrected chi connectivity index (χ1v) is 10.9. The monoisotopic (exact) mass is 428 g/mol. The summed E-state index contributed by atoms with van der Waals surface area (Å²) >= 11 is 0. The number of piperidine rings is 1. The first-order valence-electron chi connectivity index (χ1n) is 10.9. The number of fused-ring (bicyclic) bond motifs is 1. The van der Waals surface area contributed by atoms with E-state index in [0.717, 1.165) is 44.5 Å². The zero-order valence-electron chi connectivity index (χ0n) is 17.8. The molecule has 1 amide bonds. The van der Waals surface area contributed by atoms with Gasteiger partial charge in [0.15, 0.2) is 0 Å². The summed E-state index contributed by atoms with van der Waals surface area (Å²) in [6.45, 7) is 4.05. The van der Waals surface area contributed by atoms with Gasteiger partial charge in [0.1, 0.15) is 23.4 Å². The summed E-state index contributed by atoms with van der Waals surface area (Å²) in [4.78, 5) is 17.3. The second kappa shape index (κ2) is 9.51. The van der Waals surface area contributed by atoms with Crippen LogP contribution < -0.4 is 4.74 Å². The van der Waals surface area contributed by atoms with E-state index in [1.165, 1.54) is 12.1 Å². The summed E-state index contributed by atoms with van der Waals surface area (Å²) in [5.74, 6) is 0.450. The molecule has 0 bridgehead atoms. The number of benzene rings is 1. The number of hydrogen-bond acceptors (Lipinski definition) is 5. The molecule has 3 heterocycles. The zero-order chi connectivity index (χ0) is 21.8. The Kier molecular flexibility index (Phi) is 6.56. The SMILES string of the molecule is Cn1ccc2c1C(=O)N(CCCN1CCC(Oc3ccc(F)cc3)CC1)CCC2=NO. The van der Waals surface area contributed by atoms with E-state index in [0.29, 0.717) is 36.7 Å². The third kappa shape index (κ3) is 4.90. The lowest BCUT2D eigenvalue weighted by molar-refractivity contribution is 0.0730. The molecule has 2 aliphatic rings. The van der Waals surface area contributed by atoms with Crippen LogP contribution in [0.2, 0.25) is 0 Å². The van der Waals surface area contributed by atoms with Crippen molar-refractivity contribution in [2.45, 2.75) is 31.8 Å². The Labute approximate surface area is 181 Å². The van der Waals surface area contributed by atoms with Crippen molar-refractivity contribution in [3.8, 4) is 5.75 Å². The summed E-state index contributed by atoms with van der Waals surface area (Å²) in [7, 11) is 1.84. The van der Waals surface area contributed by atoms with Gasteiger partial charge in [-0.05, 0) is 56.1 Å². The van der Waals surface area contributed by atoms with E-state index in [1.54, 1.807) is 16.7 Å². The van der Waals surface area contributed by atoms with Crippen molar-refractivity contribution in [3.05, 3.63) is 53.6 Å². The van der Waals surface area contributed by atoms with Crippen molar-refractivity contribution in [1.29, 1.82) is 0 Å². The number of aromatic nitrogens is 1. The third-order valence-corrected chi connectivity index (χ3v) is 6.17. The maximum absolute atomic E-state index is 13.0. The quantitative estimate of drug-likeness (QED) is 0.567. The van der Waals surface area contributed by atoms with Gasteiger partial charge in [-0.15, -0.1) is 0 Å². The van der Waals surface area contributed by atoms with Gasteiger partial charge in [0, 0.05) is 51.4 Å². The topological polar surface area (TPSA) is 70.3 Å². The zero-order valence-corrected chi connectivity index (χ0v) is 17.8. The van der Waals surface area contributed by atoms with Crippen LogP contribution in [0.4, 0.5) is 4.39 Å². The summed E-state index contributed by atoms with van der Waals surface area (Å²) in [6, 6.07) is 8.02. The number of rotatable bonds is 6. The number of nitrogens with zero attached hydrogens (tertiary/aromatic N) is 4. The number of oxime groups is 1. The van der Waals surface area contributed by atoms with Crippen LogP contribution in [0, 0.1) is 5.82 Å². The number of likely N-dealkylation sites (tertiary alicyclic amines) is 1. The minimum atomic E-state index is -0.256. The highest BCUT2D eigenvalue weighted by Crippen LogP contribution is 2.22. The first-order chi connectivity index (χ1) is 15.0. The molecule has 1 fully saturated rings. The second-order valence-corrected chi connectivity index (χ2v) is 8.24. The van der Waals surface area contributed by atoms with Crippen molar-refractivity contribution < 1.29 is 19.1 Å². The van der Waals surface area contributed by atoms with Crippen LogP contribution >= 0.6 is 0 Å². The van der Waals surface area contributed by atoms with Gasteiger partial charge >= 0.3 is 0 Å². The third-order valence-electron chi connectivity index (χ3n) is 6.17. The van der Waals surface area contributed by atoms with Gasteiger partial charge in [0.05, 0.1) is 5.71 Å². The summed E-state index contributed by atoms with van der Waals surface area (Å²) in [6.07, 6.45) is 5.29. The van der Waals surface area contributed by atoms with Gasteiger partial charge in [0.25, 0.3) is 5.91 Å². The Balaban J connectivity index is 1.24. The van der Waals surface area contributed by atoms with Crippen molar-refractivity contribution in [1.82, 2.24) is 14.4 Å². The van der Waals surface area contributed by atoms with Gasteiger partial charge in [0.2, 0.25) is 0 Å². The molecule has 166 valence electrons. The molecule has 0 spiro atoms. The molecular formula is C23H29FN4O3. The number of ether oxygens (including phenoxy) is 1. The fourth-order valence-electron chi connectivity index (χ4n) is 4.41. The number of hydrogen-bond donors (Lipinski definition) is 1. The van der Waals surface area contributed by atoms with Gasteiger partial charge in [-0.2, -0.15) is 0 Å². The molecule has 1 N–H and O–H groups in total. The number of halogens is 1. The molecule has 2 aromatic rings. The average molecular weight is 429 g/mol. The normalized spacial score (nSPS) is 19.5. The Hall–Kier alpha value is -2.87. The minimum absolute atomic E-state index is 0.00689. The molecule has 31 heavy (non-hydrogen) atoms.